The third-order valence-electron chi connectivity index (χ3n) is 4.97. The number of amides is 1. The fourth-order valence-electron chi connectivity index (χ4n) is 3.45. The lowest BCUT2D eigenvalue weighted by molar-refractivity contribution is 0.102. The highest BCUT2D eigenvalue weighted by Crippen LogP contribution is 2.27. The van der Waals surface area contributed by atoms with E-state index in [4.69, 9.17) is 4.52 Å². The van der Waals surface area contributed by atoms with Crippen molar-refractivity contribution in [2.24, 2.45) is 0 Å². The SMILES string of the molecule is CC(C)c1noc(-c2ccccc2C(=O)Nc2cc(F)cc(N3CCCC3)c2)n1. The van der Waals surface area contributed by atoms with Crippen LogP contribution in [0.15, 0.2) is 47.0 Å². The number of nitrogens with one attached hydrogen (secondary N) is 1. The molecule has 2 aromatic carbocycles. The molecule has 0 radical (unpaired) electrons. The largest absolute Gasteiger partial charge is 0.371 e. The lowest BCUT2D eigenvalue weighted by Crippen LogP contribution is -2.19. The van der Waals surface area contributed by atoms with Gasteiger partial charge < -0.3 is 14.7 Å². The lowest BCUT2D eigenvalue weighted by atomic mass is 10.1. The van der Waals surface area contributed by atoms with E-state index in [1.165, 1.54) is 12.1 Å². The van der Waals surface area contributed by atoms with Gasteiger partial charge in [0, 0.05) is 30.4 Å². The number of hydrogen-bond donors (Lipinski definition) is 1. The topological polar surface area (TPSA) is 71.3 Å². The molecule has 0 bridgehead atoms. The van der Waals surface area contributed by atoms with Crippen molar-refractivity contribution in [1.82, 2.24) is 10.1 Å². The van der Waals surface area contributed by atoms with Crippen molar-refractivity contribution in [3.05, 3.63) is 59.7 Å². The maximum Gasteiger partial charge on any atom is 0.258 e. The Morgan fingerprint density at radius 1 is 1.17 bits per heavy atom. The molecule has 1 amide bonds. The molecule has 150 valence electrons. The van der Waals surface area contributed by atoms with Gasteiger partial charge in [-0.3, -0.25) is 4.79 Å². The number of carbonyl (C=O) groups excluding carboxylic acids is 1. The Balaban J connectivity index is 1.61. The smallest absolute Gasteiger partial charge is 0.258 e. The average Bonchev–Trinajstić information content (AvgIpc) is 3.40. The van der Waals surface area contributed by atoms with Crippen molar-refractivity contribution in [3.63, 3.8) is 0 Å². The molecule has 29 heavy (non-hydrogen) atoms. The molecule has 0 aliphatic carbocycles. The van der Waals surface area contributed by atoms with Crippen LogP contribution in [0.25, 0.3) is 11.5 Å². The van der Waals surface area contributed by atoms with Gasteiger partial charge in [0.15, 0.2) is 5.82 Å². The van der Waals surface area contributed by atoms with E-state index in [2.05, 4.69) is 20.4 Å². The van der Waals surface area contributed by atoms with Crippen LogP contribution in [0.1, 0.15) is 48.8 Å². The van der Waals surface area contributed by atoms with E-state index in [9.17, 15) is 9.18 Å². The average molecular weight is 394 g/mol. The fraction of sp³-hybridized carbons (Fsp3) is 0.318. The molecular weight excluding hydrogens is 371 g/mol. The minimum atomic E-state index is -0.378. The normalized spacial score (nSPS) is 13.9. The Morgan fingerprint density at radius 3 is 2.66 bits per heavy atom. The van der Waals surface area contributed by atoms with Gasteiger partial charge >= 0.3 is 0 Å². The van der Waals surface area contributed by atoms with Crippen molar-refractivity contribution in [2.45, 2.75) is 32.6 Å². The first-order valence-electron chi connectivity index (χ1n) is 9.81. The molecule has 1 N–H and O–H groups in total. The molecule has 1 fully saturated rings. The van der Waals surface area contributed by atoms with Gasteiger partial charge in [0.05, 0.1) is 11.1 Å². The molecule has 3 aromatic rings. The number of rotatable bonds is 5. The summed E-state index contributed by atoms with van der Waals surface area (Å²) in [6, 6.07) is 11.6. The first-order chi connectivity index (χ1) is 14.0. The van der Waals surface area contributed by atoms with Gasteiger partial charge in [-0.25, -0.2) is 4.39 Å². The summed E-state index contributed by atoms with van der Waals surface area (Å²) in [5, 5.41) is 6.78. The number of anilines is 2. The van der Waals surface area contributed by atoms with Crippen LogP contribution < -0.4 is 10.2 Å². The van der Waals surface area contributed by atoms with Crippen LogP contribution in [0.2, 0.25) is 0 Å². The molecule has 1 aliphatic rings. The highest BCUT2D eigenvalue weighted by molar-refractivity contribution is 6.08. The molecular formula is C22H23FN4O2. The predicted molar refractivity (Wildman–Crippen MR) is 110 cm³/mol. The zero-order valence-corrected chi connectivity index (χ0v) is 16.5. The van der Waals surface area contributed by atoms with Gasteiger partial charge in [-0.15, -0.1) is 0 Å². The van der Waals surface area contributed by atoms with Gasteiger partial charge in [-0.2, -0.15) is 4.98 Å². The summed E-state index contributed by atoms with van der Waals surface area (Å²) in [4.78, 5) is 19.5. The van der Waals surface area contributed by atoms with Crippen LogP contribution in [0.3, 0.4) is 0 Å². The standard InChI is InChI=1S/C22H23FN4O2/c1-14(2)20-25-22(29-26-20)19-8-4-3-7-18(19)21(28)24-16-11-15(23)12-17(13-16)27-9-5-6-10-27/h3-4,7-8,11-14H,5-6,9-10H2,1-2H3,(H,24,28). The summed E-state index contributed by atoms with van der Waals surface area (Å²) in [6.07, 6.45) is 2.18. The van der Waals surface area contributed by atoms with E-state index in [0.717, 1.165) is 31.6 Å². The first kappa shape index (κ1) is 19.1. The molecule has 1 saturated heterocycles. The van der Waals surface area contributed by atoms with Gasteiger partial charge in [0.25, 0.3) is 11.8 Å². The Hall–Kier alpha value is -3.22. The number of benzene rings is 2. The van der Waals surface area contributed by atoms with E-state index in [1.807, 2.05) is 13.8 Å². The maximum absolute atomic E-state index is 14.1. The predicted octanol–water partition coefficient (Wildman–Crippen LogP) is 4.85. The van der Waals surface area contributed by atoms with Gasteiger partial charge in [0.2, 0.25) is 0 Å². The summed E-state index contributed by atoms with van der Waals surface area (Å²) in [7, 11) is 0. The number of hydrogen-bond acceptors (Lipinski definition) is 5. The molecule has 0 unspecified atom stereocenters. The van der Waals surface area contributed by atoms with Crippen LogP contribution in [-0.2, 0) is 0 Å². The molecule has 7 heteroatoms. The van der Waals surface area contributed by atoms with Crippen molar-refractivity contribution >= 4 is 17.3 Å². The van der Waals surface area contributed by atoms with Crippen LogP contribution in [-0.4, -0.2) is 29.1 Å². The summed E-state index contributed by atoms with van der Waals surface area (Å²) < 4.78 is 19.5. The second-order valence-corrected chi connectivity index (χ2v) is 7.50. The minimum Gasteiger partial charge on any atom is -0.371 e. The summed E-state index contributed by atoms with van der Waals surface area (Å²) in [5.74, 6) is 0.246. The van der Waals surface area contributed by atoms with Gasteiger partial charge in [-0.05, 0) is 43.2 Å². The van der Waals surface area contributed by atoms with E-state index in [0.29, 0.717) is 22.6 Å². The Kier molecular flexibility index (Phi) is 5.29. The maximum atomic E-state index is 14.1. The first-order valence-corrected chi connectivity index (χ1v) is 9.81. The molecule has 1 aliphatic heterocycles. The molecule has 0 atom stereocenters. The van der Waals surface area contributed by atoms with Crippen LogP contribution >= 0.6 is 0 Å². The van der Waals surface area contributed by atoms with Crippen LogP contribution in [0.5, 0.6) is 0 Å². The molecule has 6 nitrogen and oxygen atoms in total. The highest BCUT2D eigenvalue weighted by Gasteiger charge is 2.20. The van der Waals surface area contributed by atoms with Crippen molar-refractivity contribution in [3.8, 4) is 11.5 Å². The van der Waals surface area contributed by atoms with E-state index >= 15 is 0 Å². The minimum absolute atomic E-state index is 0.116. The Bertz CT molecular complexity index is 1030. The molecule has 0 spiro atoms. The second kappa shape index (κ2) is 8.03. The number of halogens is 1. The van der Waals surface area contributed by atoms with Gasteiger partial charge in [0.1, 0.15) is 5.82 Å². The molecule has 4 rings (SSSR count). The zero-order valence-electron chi connectivity index (χ0n) is 16.5. The van der Waals surface area contributed by atoms with E-state index in [1.54, 1.807) is 30.3 Å². The monoisotopic (exact) mass is 394 g/mol. The lowest BCUT2D eigenvalue weighted by Gasteiger charge is -2.19. The highest BCUT2D eigenvalue weighted by atomic mass is 19.1. The van der Waals surface area contributed by atoms with Crippen LogP contribution in [0, 0.1) is 5.82 Å². The number of aromatic nitrogens is 2. The van der Waals surface area contributed by atoms with Crippen molar-refractivity contribution in [2.75, 3.05) is 23.3 Å². The summed E-state index contributed by atoms with van der Waals surface area (Å²) >= 11 is 0. The van der Waals surface area contributed by atoms with Gasteiger partial charge in [-0.1, -0.05) is 31.1 Å². The Labute approximate surface area is 168 Å². The number of carbonyl (C=O) groups is 1. The Morgan fingerprint density at radius 2 is 1.93 bits per heavy atom. The van der Waals surface area contributed by atoms with Crippen molar-refractivity contribution in [1.29, 1.82) is 0 Å². The third-order valence-corrected chi connectivity index (χ3v) is 4.97. The van der Waals surface area contributed by atoms with E-state index in [-0.39, 0.29) is 23.5 Å². The molecule has 0 saturated carbocycles. The third kappa shape index (κ3) is 4.13. The summed E-state index contributed by atoms with van der Waals surface area (Å²) in [6.45, 7) is 5.73. The number of nitrogens with zero attached hydrogens (tertiary/aromatic N) is 3. The zero-order chi connectivity index (χ0) is 20.4. The fourth-order valence-corrected chi connectivity index (χ4v) is 3.45. The van der Waals surface area contributed by atoms with E-state index < -0.39 is 0 Å². The van der Waals surface area contributed by atoms with Crippen molar-refractivity contribution < 1.29 is 13.7 Å². The second-order valence-electron chi connectivity index (χ2n) is 7.50. The van der Waals surface area contributed by atoms with Crippen LogP contribution in [0.4, 0.5) is 15.8 Å². The quantitative estimate of drug-likeness (QED) is 0.670. The molecule has 1 aromatic heterocycles. The summed E-state index contributed by atoms with van der Waals surface area (Å²) in [5.41, 5.74) is 2.13. The molecule has 2 heterocycles.